The molecule has 0 bridgehead atoms. The first kappa shape index (κ1) is 16.4. The van der Waals surface area contributed by atoms with Gasteiger partial charge in [-0.15, -0.1) is 0 Å². The fourth-order valence-electron chi connectivity index (χ4n) is 0.917. The van der Waals surface area contributed by atoms with Crippen molar-refractivity contribution in [2.75, 3.05) is 13.2 Å². The average molecular weight is 304 g/mol. The van der Waals surface area contributed by atoms with Gasteiger partial charge in [0.25, 0.3) is 0 Å². The van der Waals surface area contributed by atoms with E-state index in [1.54, 1.807) is 0 Å². The van der Waals surface area contributed by atoms with E-state index in [2.05, 4.69) is 14.5 Å². The molecule has 19 heavy (non-hydrogen) atoms. The van der Waals surface area contributed by atoms with Crippen LogP contribution in [0.4, 0.5) is 35.1 Å². The lowest BCUT2D eigenvalue weighted by atomic mass is 10.1. The van der Waals surface area contributed by atoms with Gasteiger partial charge in [-0.05, 0) is 0 Å². The van der Waals surface area contributed by atoms with Gasteiger partial charge in [0.05, 0.1) is 13.0 Å². The van der Waals surface area contributed by atoms with Crippen molar-refractivity contribution in [3.8, 4) is 0 Å². The van der Waals surface area contributed by atoms with Crippen LogP contribution in [0.25, 0.3) is 0 Å². The largest absolute Gasteiger partial charge is 0.448 e. The van der Waals surface area contributed by atoms with Crippen molar-refractivity contribution in [1.29, 1.82) is 0 Å². The summed E-state index contributed by atoms with van der Waals surface area (Å²) < 4.78 is 103. The SMILES string of the molecule is FC(CC(F)(F)F)C(F)(F)C(F)(F)OOCC1CO1. The minimum Gasteiger partial charge on any atom is -0.370 e. The van der Waals surface area contributed by atoms with Gasteiger partial charge in [-0.3, -0.25) is 0 Å². The standard InChI is InChI=1S/C8H8F8O3/c9-5(1-6(10,11)12)7(13,14)8(15,16)19-18-3-4-2-17-4/h4-5H,1-3H2. The summed E-state index contributed by atoms with van der Waals surface area (Å²) in [6.45, 7) is -0.479. The predicted molar refractivity (Wildman–Crippen MR) is 42.2 cm³/mol. The van der Waals surface area contributed by atoms with E-state index in [-0.39, 0.29) is 6.61 Å². The maximum atomic E-state index is 12.8. The molecule has 0 aromatic carbocycles. The highest BCUT2D eigenvalue weighted by atomic mass is 19.4. The van der Waals surface area contributed by atoms with Gasteiger partial charge in [0.15, 0.2) is 6.17 Å². The Labute approximate surface area is 101 Å². The van der Waals surface area contributed by atoms with E-state index < -0.39 is 43.5 Å². The van der Waals surface area contributed by atoms with Gasteiger partial charge in [0.2, 0.25) is 0 Å². The molecule has 2 unspecified atom stereocenters. The summed E-state index contributed by atoms with van der Waals surface area (Å²) in [5.74, 6) is -5.69. The molecule has 2 atom stereocenters. The van der Waals surface area contributed by atoms with E-state index in [1.165, 1.54) is 0 Å². The molecule has 0 spiro atoms. The summed E-state index contributed by atoms with van der Waals surface area (Å²) in [6.07, 6.45) is -18.4. The minimum absolute atomic E-state index is 0.144. The number of halogens is 8. The third kappa shape index (κ3) is 4.73. The number of ether oxygens (including phenoxy) is 1. The Morgan fingerprint density at radius 2 is 1.63 bits per heavy atom. The van der Waals surface area contributed by atoms with Gasteiger partial charge in [0, 0.05) is 0 Å². The van der Waals surface area contributed by atoms with Crippen LogP contribution in [0.15, 0.2) is 0 Å². The van der Waals surface area contributed by atoms with Crippen molar-refractivity contribution in [3.05, 3.63) is 0 Å². The topological polar surface area (TPSA) is 31.0 Å². The third-order valence-corrected chi connectivity index (χ3v) is 2.01. The number of alkyl halides is 8. The van der Waals surface area contributed by atoms with E-state index >= 15 is 0 Å². The average Bonchev–Trinajstić information content (AvgIpc) is 2.98. The highest BCUT2D eigenvalue weighted by molar-refractivity contribution is 4.86. The molecule has 0 aromatic rings. The molecule has 3 nitrogen and oxygen atoms in total. The third-order valence-electron chi connectivity index (χ3n) is 2.01. The smallest absolute Gasteiger partial charge is 0.370 e. The van der Waals surface area contributed by atoms with E-state index in [9.17, 15) is 35.1 Å². The van der Waals surface area contributed by atoms with Crippen LogP contribution in [0.3, 0.4) is 0 Å². The number of epoxide rings is 1. The van der Waals surface area contributed by atoms with E-state index in [0.29, 0.717) is 0 Å². The lowest BCUT2D eigenvalue weighted by Crippen LogP contribution is -2.51. The number of hydrogen-bond donors (Lipinski definition) is 0. The normalized spacial score (nSPS) is 22.4. The molecule has 0 saturated carbocycles. The summed E-state index contributed by atoms with van der Waals surface area (Å²) in [7, 11) is 0. The van der Waals surface area contributed by atoms with Crippen LogP contribution < -0.4 is 0 Å². The maximum absolute atomic E-state index is 12.8. The molecule has 0 aromatic heterocycles. The van der Waals surface area contributed by atoms with Crippen molar-refractivity contribution in [2.24, 2.45) is 0 Å². The predicted octanol–water partition coefficient (Wildman–Crippen LogP) is 2.85. The van der Waals surface area contributed by atoms with Crippen molar-refractivity contribution in [1.82, 2.24) is 0 Å². The van der Waals surface area contributed by atoms with Crippen LogP contribution in [0.2, 0.25) is 0 Å². The summed E-state index contributed by atoms with van der Waals surface area (Å²) in [6, 6.07) is 0. The molecular weight excluding hydrogens is 296 g/mol. The Hall–Kier alpha value is -0.680. The second kappa shape index (κ2) is 5.37. The fourth-order valence-corrected chi connectivity index (χ4v) is 0.917. The molecule has 1 aliphatic heterocycles. The van der Waals surface area contributed by atoms with Crippen LogP contribution >= 0.6 is 0 Å². The molecule has 1 rings (SSSR count). The van der Waals surface area contributed by atoms with Crippen LogP contribution in [-0.2, 0) is 14.5 Å². The van der Waals surface area contributed by atoms with Crippen molar-refractivity contribution in [3.63, 3.8) is 0 Å². The number of rotatable bonds is 7. The lowest BCUT2D eigenvalue weighted by molar-refractivity contribution is -0.491. The van der Waals surface area contributed by atoms with Gasteiger partial charge in [-0.1, -0.05) is 0 Å². The maximum Gasteiger partial charge on any atom is 0.448 e. The van der Waals surface area contributed by atoms with Gasteiger partial charge < -0.3 is 4.74 Å². The van der Waals surface area contributed by atoms with Crippen molar-refractivity contribution < 1.29 is 49.6 Å². The Morgan fingerprint density at radius 3 is 2.05 bits per heavy atom. The zero-order valence-electron chi connectivity index (χ0n) is 9.02. The molecule has 1 saturated heterocycles. The monoisotopic (exact) mass is 304 g/mol. The number of hydrogen-bond acceptors (Lipinski definition) is 3. The van der Waals surface area contributed by atoms with Gasteiger partial charge in [0.1, 0.15) is 12.7 Å². The molecule has 0 N–H and O–H groups in total. The minimum atomic E-state index is -5.69. The molecule has 0 amide bonds. The highest BCUT2D eigenvalue weighted by Crippen LogP contribution is 2.43. The van der Waals surface area contributed by atoms with Crippen LogP contribution in [0, 0.1) is 0 Å². The highest BCUT2D eigenvalue weighted by Gasteiger charge is 2.66. The van der Waals surface area contributed by atoms with E-state index in [0.717, 1.165) is 0 Å². The molecule has 1 fully saturated rings. The lowest BCUT2D eigenvalue weighted by Gasteiger charge is -2.27. The summed E-state index contributed by atoms with van der Waals surface area (Å²) in [5.41, 5.74) is 0. The Bertz CT molecular complexity index is 301. The molecular formula is C8H8F8O3. The first-order valence-electron chi connectivity index (χ1n) is 4.84. The second-order valence-corrected chi connectivity index (χ2v) is 3.75. The van der Waals surface area contributed by atoms with Crippen LogP contribution in [0.1, 0.15) is 6.42 Å². The van der Waals surface area contributed by atoms with Gasteiger partial charge in [-0.25, -0.2) is 9.28 Å². The van der Waals surface area contributed by atoms with Gasteiger partial charge >= 0.3 is 18.2 Å². The molecule has 114 valence electrons. The Kier molecular flexibility index (Phi) is 4.62. The quantitative estimate of drug-likeness (QED) is 0.314. The molecule has 0 radical (unpaired) electrons. The van der Waals surface area contributed by atoms with Crippen molar-refractivity contribution in [2.45, 2.75) is 36.9 Å². The fraction of sp³-hybridized carbons (Fsp3) is 1.00. The molecule has 11 heteroatoms. The van der Waals surface area contributed by atoms with Crippen LogP contribution in [0.5, 0.6) is 0 Å². The zero-order chi connectivity index (χ0) is 14.9. The molecule has 1 heterocycles. The summed E-state index contributed by atoms with van der Waals surface area (Å²) in [4.78, 5) is 6.70. The Balaban J connectivity index is 2.55. The van der Waals surface area contributed by atoms with E-state index in [1.807, 2.05) is 0 Å². The first-order chi connectivity index (χ1) is 8.46. The Morgan fingerprint density at radius 1 is 1.11 bits per heavy atom. The summed E-state index contributed by atoms with van der Waals surface area (Å²) >= 11 is 0. The van der Waals surface area contributed by atoms with Gasteiger partial charge in [-0.2, -0.15) is 35.6 Å². The zero-order valence-corrected chi connectivity index (χ0v) is 9.02. The van der Waals surface area contributed by atoms with Crippen LogP contribution in [-0.4, -0.2) is 43.7 Å². The second-order valence-electron chi connectivity index (χ2n) is 3.75. The molecule has 0 aliphatic carbocycles. The summed E-state index contributed by atoms with van der Waals surface area (Å²) in [5, 5.41) is 0. The van der Waals surface area contributed by atoms with Crippen molar-refractivity contribution >= 4 is 0 Å². The van der Waals surface area contributed by atoms with E-state index in [4.69, 9.17) is 0 Å². The first-order valence-corrected chi connectivity index (χ1v) is 4.84. The molecule has 1 aliphatic rings.